The molecule has 1 aliphatic heterocycles. The summed E-state index contributed by atoms with van der Waals surface area (Å²) < 4.78 is 21.3. The van der Waals surface area contributed by atoms with Crippen LogP contribution in [0.2, 0.25) is 0 Å². The predicted molar refractivity (Wildman–Crippen MR) is 156 cm³/mol. The Morgan fingerprint density at radius 3 is 2.29 bits per heavy atom. The molecular weight excluding hydrogens is 576 g/mol. The van der Waals surface area contributed by atoms with Crippen LogP contribution < -0.4 is 14.2 Å². The minimum Gasteiger partial charge on any atom is -0.504 e. The van der Waals surface area contributed by atoms with Crippen molar-refractivity contribution in [2.75, 3.05) is 40.2 Å². The van der Waals surface area contributed by atoms with E-state index in [4.69, 9.17) is 18.9 Å². The van der Waals surface area contributed by atoms with E-state index in [0.717, 1.165) is 11.1 Å². The lowest BCUT2D eigenvalue weighted by Crippen LogP contribution is -2.38. The van der Waals surface area contributed by atoms with Gasteiger partial charge in [-0.25, -0.2) is 0 Å². The standard InChI is InChI=1S/C28H40O11S2/c1-36-24-10-17-3-4-18(38-14-30)11-21(32)20(7-16-8-25(37-2)28(35)26(9-16)39-15-31)23(34)13-40-41-27(5-6-29)19(17)12-22(24)33/h8-10,12,18,20-21,23,27,29-35H,3-7,11,13-15H2,1-2H3/t18-,20-,21+,23-,27-/m0/s1. The maximum absolute atomic E-state index is 11.4. The van der Waals surface area contributed by atoms with E-state index in [9.17, 15) is 35.7 Å². The number of ether oxygens (including phenoxy) is 4. The van der Waals surface area contributed by atoms with Crippen molar-refractivity contribution in [2.24, 2.45) is 5.92 Å². The molecule has 5 atom stereocenters. The molecule has 0 saturated carbocycles. The first-order chi connectivity index (χ1) is 19.8. The maximum atomic E-state index is 11.4. The van der Waals surface area contributed by atoms with Gasteiger partial charge in [0.1, 0.15) is 6.79 Å². The number of hydrogen-bond acceptors (Lipinski definition) is 13. The Balaban J connectivity index is 1.96. The highest BCUT2D eigenvalue weighted by molar-refractivity contribution is 8.76. The molecule has 0 saturated heterocycles. The van der Waals surface area contributed by atoms with Crippen molar-refractivity contribution in [1.29, 1.82) is 0 Å². The van der Waals surface area contributed by atoms with Crippen LogP contribution >= 0.6 is 21.6 Å². The van der Waals surface area contributed by atoms with Crippen molar-refractivity contribution in [3.8, 4) is 28.7 Å². The second kappa shape index (κ2) is 16.5. The molecule has 7 N–H and O–H groups in total. The molecule has 0 spiro atoms. The van der Waals surface area contributed by atoms with Crippen molar-refractivity contribution < 1.29 is 54.7 Å². The van der Waals surface area contributed by atoms with Gasteiger partial charge in [-0.05, 0) is 73.1 Å². The number of phenolic OH excluding ortho intramolecular Hbond substituents is 2. The van der Waals surface area contributed by atoms with E-state index in [1.165, 1.54) is 41.9 Å². The van der Waals surface area contributed by atoms with Crippen molar-refractivity contribution in [2.45, 2.75) is 55.7 Å². The molecule has 1 aliphatic rings. The van der Waals surface area contributed by atoms with E-state index >= 15 is 0 Å². The number of benzene rings is 2. The molecular formula is C28H40O11S2. The Labute approximate surface area is 247 Å². The summed E-state index contributed by atoms with van der Waals surface area (Å²) in [6.07, 6.45) is -0.931. The van der Waals surface area contributed by atoms with Crippen LogP contribution in [0, 0.1) is 5.92 Å². The molecule has 1 heterocycles. The summed E-state index contributed by atoms with van der Waals surface area (Å²) in [4.78, 5) is 0. The molecule has 11 nitrogen and oxygen atoms in total. The first kappa shape index (κ1) is 33.4. The topological polar surface area (TPSA) is 179 Å². The lowest BCUT2D eigenvalue weighted by molar-refractivity contribution is -0.0808. The van der Waals surface area contributed by atoms with Crippen LogP contribution in [-0.4, -0.2) is 94.2 Å². The van der Waals surface area contributed by atoms with Crippen LogP contribution in [0.25, 0.3) is 0 Å². The predicted octanol–water partition coefficient (Wildman–Crippen LogP) is 2.50. The summed E-state index contributed by atoms with van der Waals surface area (Å²) in [5.41, 5.74) is 2.31. The van der Waals surface area contributed by atoms with Crippen molar-refractivity contribution in [1.82, 2.24) is 0 Å². The molecule has 2 aromatic rings. The number of aliphatic hydroxyl groups excluding tert-OH is 5. The average Bonchev–Trinajstić information content (AvgIpc) is 2.96. The van der Waals surface area contributed by atoms with Crippen molar-refractivity contribution in [3.05, 3.63) is 41.0 Å². The number of phenols is 2. The minimum atomic E-state index is -1.03. The number of aromatic hydroxyl groups is 2. The van der Waals surface area contributed by atoms with Gasteiger partial charge in [0.15, 0.2) is 29.8 Å². The van der Waals surface area contributed by atoms with Crippen LogP contribution in [-0.2, 0) is 17.6 Å². The van der Waals surface area contributed by atoms with Gasteiger partial charge in [-0.2, -0.15) is 0 Å². The molecule has 0 aliphatic carbocycles. The minimum absolute atomic E-state index is 0.00480. The molecule has 13 heteroatoms. The van der Waals surface area contributed by atoms with Gasteiger partial charge in [0.2, 0.25) is 5.75 Å². The normalized spacial score (nSPS) is 23.9. The quantitative estimate of drug-likeness (QED) is 0.153. The Morgan fingerprint density at radius 1 is 0.902 bits per heavy atom. The fourth-order valence-corrected chi connectivity index (χ4v) is 7.92. The van der Waals surface area contributed by atoms with Gasteiger partial charge in [-0.3, -0.25) is 0 Å². The molecule has 230 valence electrons. The molecule has 2 aromatic carbocycles. The second-order valence-electron chi connectivity index (χ2n) is 9.72. The molecule has 0 unspecified atom stereocenters. The van der Waals surface area contributed by atoms with Crippen LogP contribution in [0.3, 0.4) is 0 Å². The molecule has 0 radical (unpaired) electrons. The zero-order chi connectivity index (χ0) is 29.9. The monoisotopic (exact) mass is 616 g/mol. The molecule has 41 heavy (non-hydrogen) atoms. The zero-order valence-corrected chi connectivity index (χ0v) is 24.8. The smallest absolute Gasteiger partial charge is 0.200 e. The SMILES string of the molecule is COc1cc2c(cc1O)[C@H](CCO)SSC[C@H](O)[C@@H](Cc1cc(OC)c(O)c(OCO)c1)[C@H](O)C[C@@H](OCO)CC2. The van der Waals surface area contributed by atoms with Gasteiger partial charge in [0.05, 0.1) is 32.5 Å². The third-order valence-electron chi connectivity index (χ3n) is 7.15. The number of aryl methyl sites for hydroxylation is 1. The Morgan fingerprint density at radius 2 is 1.63 bits per heavy atom. The van der Waals surface area contributed by atoms with E-state index < -0.39 is 37.8 Å². The number of rotatable bonds is 10. The summed E-state index contributed by atoms with van der Waals surface area (Å²) in [7, 11) is 5.71. The molecule has 0 bridgehead atoms. The molecule has 0 amide bonds. The third-order valence-corrected chi connectivity index (χ3v) is 10.0. The zero-order valence-electron chi connectivity index (χ0n) is 23.1. The van der Waals surface area contributed by atoms with Crippen LogP contribution in [0.1, 0.15) is 41.2 Å². The van der Waals surface area contributed by atoms with Gasteiger partial charge >= 0.3 is 0 Å². The first-order valence-corrected chi connectivity index (χ1v) is 15.6. The largest absolute Gasteiger partial charge is 0.504 e. The number of hydrogen-bond donors (Lipinski definition) is 7. The Bertz CT molecular complexity index is 1100. The molecule has 0 aromatic heterocycles. The van der Waals surface area contributed by atoms with E-state index in [1.807, 2.05) is 0 Å². The Hall–Kier alpha value is -2.10. The van der Waals surface area contributed by atoms with Crippen LogP contribution in [0.4, 0.5) is 0 Å². The van der Waals surface area contributed by atoms with Gasteiger partial charge in [0, 0.05) is 23.5 Å². The Kier molecular flexibility index (Phi) is 13.5. The fourth-order valence-electron chi connectivity index (χ4n) is 5.02. The lowest BCUT2D eigenvalue weighted by Gasteiger charge is -2.30. The van der Waals surface area contributed by atoms with Crippen molar-refractivity contribution >= 4 is 21.6 Å². The van der Waals surface area contributed by atoms with E-state index in [-0.39, 0.29) is 53.4 Å². The van der Waals surface area contributed by atoms with Crippen LogP contribution in [0.15, 0.2) is 24.3 Å². The summed E-state index contributed by atoms with van der Waals surface area (Å²) in [5, 5.41) is 71.9. The highest BCUT2D eigenvalue weighted by Gasteiger charge is 2.32. The number of fused-ring (bicyclic) bond motifs is 1. The summed E-state index contributed by atoms with van der Waals surface area (Å²) in [6, 6.07) is 6.50. The summed E-state index contributed by atoms with van der Waals surface area (Å²) in [5.74, 6) is -0.282. The molecule has 0 fully saturated rings. The number of aliphatic hydroxyl groups is 5. The summed E-state index contributed by atoms with van der Waals surface area (Å²) in [6.45, 7) is -1.29. The van der Waals surface area contributed by atoms with E-state index in [0.29, 0.717) is 30.6 Å². The number of methoxy groups -OCH3 is 2. The van der Waals surface area contributed by atoms with Crippen LogP contribution in [0.5, 0.6) is 28.7 Å². The fraction of sp³-hybridized carbons (Fsp3) is 0.571. The highest BCUT2D eigenvalue weighted by atomic mass is 33.1. The van der Waals surface area contributed by atoms with E-state index in [2.05, 4.69) is 0 Å². The van der Waals surface area contributed by atoms with Gasteiger partial charge < -0.3 is 54.7 Å². The second-order valence-corrected chi connectivity index (χ2v) is 12.3. The maximum Gasteiger partial charge on any atom is 0.200 e. The lowest BCUT2D eigenvalue weighted by atomic mass is 9.85. The van der Waals surface area contributed by atoms with E-state index in [1.54, 1.807) is 18.2 Å². The third kappa shape index (κ3) is 8.94. The summed E-state index contributed by atoms with van der Waals surface area (Å²) >= 11 is 0. The molecule has 3 rings (SSSR count). The van der Waals surface area contributed by atoms with Gasteiger partial charge in [0.25, 0.3) is 0 Å². The highest BCUT2D eigenvalue weighted by Crippen LogP contribution is 2.46. The average molecular weight is 617 g/mol. The van der Waals surface area contributed by atoms with Gasteiger partial charge in [-0.1, -0.05) is 21.6 Å². The van der Waals surface area contributed by atoms with Gasteiger partial charge in [-0.15, -0.1) is 0 Å². The first-order valence-electron chi connectivity index (χ1n) is 13.3. The van der Waals surface area contributed by atoms with Crippen molar-refractivity contribution in [3.63, 3.8) is 0 Å².